The normalized spacial score (nSPS) is 11.0. The van der Waals surface area contributed by atoms with E-state index in [1.807, 2.05) is 0 Å². The fraction of sp³-hybridized carbons (Fsp3) is 0.200. The third-order valence-corrected chi connectivity index (χ3v) is 4.01. The number of carbonyl (C=O) groups is 1. The lowest BCUT2D eigenvalue weighted by atomic mass is 10.3. The van der Waals surface area contributed by atoms with E-state index in [9.17, 15) is 18.8 Å². The standard InChI is InChI=1S/C15H13ClFN5O3/c1-20-7-18-13-12(20)14(24)22(15(25)21(13)2)6-11(23)19-8-3-4-9(16)10(17)5-8/h3-5,7H,6H2,1-2H3,(H,19,23). The molecule has 0 aliphatic heterocycles. The van der Waals surface area contributed by atoms with E-state index in [-0.39, 0.29) is 21.9 Å². The fourth-order valence-corrected chi connectivity index (χ4v) is 2.57. The van der Waals surface area contributed by atoms with Crippen molar-refractivity contribution in [1.82, 2.24) is 18.7 Å². The summed E-state index contributed by atoms with van der Waals surface area (Å²) >= 11 is 5.58. The summed E-state index contributed by atoms with van der Waals surface area (Å²) in [5.41, 5.74) is -0.705. The summed E-state index contributed by atoms with van der Waals surface area (Å²) in [5.74, 6) is -1.34. The van der Waals surface area contributed by atoms with Gasteiger partial charge in [0.25, 0.3) is 5.56 Å². The maximum absolute atomic E-state index is 13.4. The number of halogens is 2. The van der Waals surface area contributed by atoms with E-state index in [1.54, 1.807) is 7.05 Å². The molecule has 0 spiro atoms. The molecular formula is C15H13ClFN5O3. The maximum atomic E-state index is 13.4. The summed E-state index contributed by atoms with van der Waals surface area (Å²) in [4.78, 5) is 41.0. The van der Waals surface area contributed by atoms with Gasteiger partial charge in [-0.3, -0.25) is 14.2 Å². The quantitative estimate of drug-likeness (QED) is 0.745. The molecule has 1 aromatic carbocycles. The average molecular weight is 366 g/mol. The highest BCUT2D eigenvalue weighted by Gasteiger charge is 2.17. The Labute approximate surface area is 145 Å². The van der Waals surface area contributed by atoms with Crippen molar-refractivity contribution in [2.24, 2.45) is 14.1 Å². The number of amides is 1. The maximum Gasteiger partial charge on any atom is 0.332 e. The molecular weight excluding hydrogens is 353 g/mol. The van der Waals surface area contributed by atoms with Crippen molar-refractivity contribution in [3.05, 3.63) is 56.2 Å². The van der Waals surface area contributed by atoms with Crippen LogP contribution in [-0.2, 0) is 25.4 Å². The van der Waals surface area contributed by atoms with Gasteiger partial charge in [0.2, 0.25) is 5.91 Å². The van der Waals surface area contributed by atoms with Gasteiger partial charge in [-0.2, -0.15) is 0 Å². The Hall–Kier alpha value is -2.94. The van der Waals surface area contributed by atoms with Crippen LogP contribution >= 0.6 is 11.6 Å². The number of anilines is 1. The first-order valence-corrected chi connectivity index (χ1v) is 7.53. The molecule has 0 atom stereocenters. The number of fused-ring (bicyclic) bond motifs is 1. The monoisotopic (exact) mass is 365 g/mol. The van der Waals surface area contributed by atoms with E-state index in [0.29, 0.717) is 0 Å². The second kappa shape index (κ2) is 6.17. The fourth-order valence-electron chi connectivity index (χ4n) is 2.45. The number of nitrogens with one attached hydrogen (secondary N) is 1. The second-order valence-electron chi connectivity index (χ2n) is 5.44. The van der Waals surface area contributed by atoms with E-state index in [2.05, 4.69) is 10.3 Å². The zero-order valence-corrected chi connectivity index (χ0v) is 14.0. The van der Waals surface area contributed by atoms with Crippen LogP contribution in [0.5, 0.6) is 0 Å². The Kier molecular flexibility index (Phi) is 4.17. The van der Waals surface area contributed by atoms with Crippen LogP contribution in [0.2, 0.25) is 5.02 Å². The van der Waals surface area contributed by atoms with Crippen LogP contribution in [0.25, 0.3) is 11.2 Å². The lowest BCUT2D eigenvalue weighted by molar-refractivity contribution is -0.116. The predicted octanol–water partition coefficient (Wildman–Crippen LogP) is 0.865. The first-order chi connectivity index (χ1) is 11.8. The molecule has 0 unspecified atom stereocenters. The summed E-state index contributed by atoms with van der Waals surface area (Å²) < 4.78 is 16.9. The minimum atomic E-state index is -0.691. The van der Waals surface area contributed by atoms with E-state index in [1.165, 1.54) is 34.6 Å². The number of hydrogen-bond acceptors (Lipinski definition) is 4. The molecule has 1 N–H and O–H groups in total. The van der Waals surface area contributed by atoms with E-state index >= 15 is 0 Å². The highest BCUT2D eigenvalue weighted by atomic mass is 35.5. The number of aromatic nitrogens is 4. The van der Waals surface area contributed by atoms with Crippen molar-refractivity contribution < 1.29 is 9.18 Å². The number of benzene rings is 1. The molecule has 0 radical (unpaired) electrons. The smallest absolute Gasteiger partial charge is 0.328 e. The summed E-state index contributed by atoms with van der Waals surface area (Å²) in [7, 11) is 3.07. The third-order valence-electron chi connectivity index (χ3n) is 3.71. The largest absolute Gasteiger partial charge is 0.332 e. The van der Waals surface area contributed by atoms with E-state index in [4.69, 9.17) is 11.6 Å². The van der Waals surface area contributed by atoms with E-state index < -0.39 is 29.5 Å². The van der Waals surface area contributed by atoms with E-state index in [0.717, 1.165) is 10.6 Å². The minimum Gasteiger partial charge on any atom is -0.328 e. The first kappa shape index (κ1) is 16.9. The second-order valence-corrected chi connectivity index (χ2v) is 5.84. The molecule has 2 heterocycles. The van der Waals surface area contributed by atoms with Crippen molar-refractivity contribution in [3.8, 4) is 0 Å². The van der Waals surface area contributed by atoms with Gasteiger partial charge < -0.3 is 9.88 Å². The third kappa shape index (κ3) is 2.93. The molecule has 1 amide bonds. The van der Waals surface area contributed by atoms with Gasteiger partial charge >= 0.3 is 5.69 Å². The molecule has 0 aliphatic rings. The van der Waals surface area contributed by atoms with Gasteiger partial charge in [-0.1, -0.05) is 11.6 Å². The number of nitrogens with zero attached hydrogens (tertiary/aromatic N) is 4. The van der Waals surface area contributed by atoms with Crippen LogP contribution in [0.4, 0.5) is 10.1 Å². The van der Waals surface area contributed by atoms with Crippen LogP contribution in [0.3, 0.4) is 0 Å². The SMILES string of the molecule is Cn1cnc2c1c(=O)n(CC(=O)Nc1ccc(Cl)c(F)c1)c(=O)n2C. The van der Waals surface area contributed by atoms with Crippen LogP contribution in [0.1, 0.15) is 0 Å². The molecule has 130 valence electrons. The average Bonchev–Trinajstić information content (AvgIpc) is 2.95. The molecule has 0 bridgehead atoms. The summed E-state index contributed by atoms with van der Waals surface area (Å²) in [6.45, 7) is -0.517. The topological polar surface area (TPSA) is 90.9 Å². The number of rotatable bonds is 3. The van der Waals surface area contributed by atoms with Crippen molar-refractivity contribution in [1.29, 1.82) is 0 Å². The Balaban J connectivity index is 1.96. The molecule has 8 nitrogen and oxygen atoms in total. The Morgan fingerprint density at radius 1 is 1.32 bits per heavy atom. The molecule has 0 aliphatic carbocycles. The Bertz CT molecular complexity index is 1110. The van der Waals surface area contributed by atoms with Crippen molar-refractivity contribution >= 4 is 34.4 Å². The van der Waals surface area contributed by atoms with Gasteiger partial charge in [0.1, 0.15) is 12.4 Å². The Morgan fingerprint density at radius 2 is 2.04 bits per heavy atom. The molecule has 0 saturated carbocycles. The molecule has 3 rings (SSSR count). The van der Waals surface area contributed by atoms with Gasteiger partial charge in [-0.15, -0.1) is 0 Å². The number of imidazole rings is 1. The molecule has 25 heavy (non-hydrogen) atoms. The molecule has 10 heteroatoms. The number of carbonyl (C=O) groups excluding carboxylic acids is 1. The van der Waals surface area contributed by atoms with Gasteiger partial charge in [0.05, 0.1) is 11.3 Å². The minimum absolute atomic E-state index is 0.0789. The lowest BCUT2D eigenvalue weighted by Gasteiger charge is -2.09. The molecule has 0 fully saturated rings. The highest BCUT2D eigenvalue weighted by Crippen LogP contribution is 2.18. The van der Waals surface area contributed by atoms with Crippen LogP contribution in [0.15, 0.2) is 34.1 Å². The molecule has 2 aromatic heterocycles. The van der Waals surface area contributed by atoms with Gasteiger partial charge in [0, 0.05) is 19.8 Å². The molecule has 0 saturated heterocycles. The zero-order valence-electron chi connectivity index (χ0n) is 13.3. The van der Waals surface area contributed by atoms with Gasteiger partial charge in [0.15, 0.2) is 11.2 Å². The molecule has 3 aromatic rings. The van der Waals surface area contributed by atoms with Crippen LogP contribution < -0.4 is 16.6 Å². The number of aryl methyl sites for hydroxylation is 2. The van der Waals surface area contributed by atoms with Crippen molar-refractivity contribution in [3.63, 3.8) is 0 Å². The van der Waals surface area contributed by atoms with Crippen molar-refractivity contribution in [2.45, 2.75) is 6.54 Å². The number of hydrogen-bond donors (Lipinski definition) is 1. The van der Waals surface area contributed by atoms with Gasteiger partial charge in [-0.25, -0.2) is 18.7 Å². The summed E-state index contributed by atoms with van der Waals surface area (Å²) in [5, 5.41) is 2.34. The Morgan fingerprint density at radius 3 is 2.72 bits per heavy atom. The summed E-state index contributed by atoms with van der Waals surface area (Å²) in [6, 6.07) is 3.75. The predicted molar refractivity (Wildman–Crippen MR) is 90.3 cm³/mol. The van der Waals surface area contributed by atoms with Crippen LogP contribution in [0, 0.1) is 5.82 Å². The van der Waals surface area contributed by atoms with Crippen LogP contribution in [-0.4, -0.2) is 24.6 Å². The van der Waals surface area contributed by atoms with Gasteiger partial charge in [-0.05, 0) is 18.2 Å². The van der Waals surface area contributed by atoms with Crippen molar-refractivity contribution in [2.75, 3.05) is 5.32 Å². The lowest BCUT2D eigenvalue weighted by Crippen LogP contribution is -2.42. The first-order valence-electron chi connectivity index (χ1n) is 7.15. The summed E-state index contributed by atoms with van der Waals surface area (Å²) in [6.07, 6.45) is 1.41. The highest BCUT2D eigenvalue weighted by molar-refractivity contribution is 6.30. The zero-order chi connectivity index (χ0) is 18.3.